The molecule has 3 heterocycles. The van der Waals surface area contributed by atoms with E-state index in [0.717, 1.165) is 37.5 Å². The standard InChI is InChI=1S/C55H67BrO23/c1-31(57)66-29-42-45(70-33(3)59)48(71-34(4)60)51(73-36(6)62)55(76-42)79-46-43(30-67-32(2)58)77-54(52(74-37(7)63)49(46)72-35(5)61)78-44-41(28-64-25-38-17-11-8-12-18-38)75-53(65-24-23-56)50(69-27-40-21-15-10-16-22-40)47(44)68-26-39-19-13-9-14-20-39/h8-22,41-55H,23-30H2,1-7H3/t41-,42-,43-,44-,45+,46+,47+,48+,49+,50-,51-,52-,53-,54+,55?/m1/s1/i1D,3D,4D,6D. The monoisotopic (exact) mass is 1180 g/mol. The van der Waals surface area contributed by atoms with E-state index in [0.29, 0.717) is 5.33 Å². The fourth-order valence-electron chi connectivity index (χ4n) is 8.83. The molecule has 3 aliphatic rings. The Bertz CT molecular complexity index is 2530. The number of carbonyl (C=O) groups excluding carboxylic acids is 7. The van der Waals surface area contributed by atoms with Crippen LogP contribution in [0.25, 0.3) is 0 Å². The van der Waals surface area contributed by atoms with Gasteiger partial charge in [-0.2, -0.15) is 0 Å². The molecule has 3 aliphatic heterocycles. The second-order valence-electron chi connectivity index (χ2n) is 17.9. The minimum atomic E-state index is -2.14. The van der Waals surface area contributed by atoms with Crippen molar-refractivity contribution in [2.24, 2.45) is 0 Å². The van der Waals surface area contributed by atoms with Crippen molar-refractivity contribution in [2.45, 2.75) is 160 Å². The summed E-state index contributed by atoms with van der Waals surface area (Å²) in [5.41, 5.74) is 2.33. The van der Waals surface area contributed by atoms with Gasteiger partial charge in [0.05, 0.1) is 33.0 Å². The Balaban J connectivity index is 1.49. The van der Waals surface area contributed by atoms with Crippen LogP contribution in [0.1, 0.15) is 70.5 Å². The molecule has 432 valence electrons. The van der Waals surface area contributed by atoms with Crippen molar-refractivity contribution in [2.75, 3.05) is 31.8 Å². The molecular weight excluding hydrogens is 1110 g/mol. The smallest absolute Gasteiger partial charge is 0.303 e. The number of rotatable bonds is 26. The lowest BCUT2D eigenvalue weighted by Crippen LogP contribution is -2.68. The summed E-state index contributed by atoms with van der Waals surface area (Å²) in [5, 5.41) is 0.393. The first-order valence-corrected chi connectivity index (χ1v) is 25.9. The van der Waals surface area contributed by atoms with Crippen LogP contribution in [-0.4, -0.2) is 166 Å². The Kier molecular flexibility index (Phi) is 22.2. The lowest BCUT2D eigenvalue weighted by Gasteiger charge is -2.50. The molecule has 0 aliphatic carbocycles. The summed E-state index contributed by atoms with van der Waals surface area (Å²) in [5.74, 6) is -7.79. The first kappa shape index (κ1) is 56.3. The highest BCUT2D eigenvalue weighted by atomic mass is 79.9. The van der Waals surface area contributed by atoms with Crippen LogP contribution in [0.15, 0.2) is 91.0 Å². The molecule has 79 heavy (non-hydrogen) atoms. The molecular formula is C55H67BrO23. The Morgan fingerprint density at radius 3 is 1.30 bits per heavy atom. The molecule has 0 saturated carbocycles. The van der Waals surface area contributed by atoms with Crippen LogP contribution in [0.4, 0.5) is 0 Å². The Morgan fingerprint density at radius 1 is 0.418 bits per heavy atom. The average Bonchev–Trinajstić information content (AvgIpc) is 2.54. The van der Waals surface area contributed by atoms with Gasteiger partial charge in [0, 0.05) is 59.2 Å². The number of benzene rings is 3. The number of carbonyl (C=O) groups is 7. The predicted molar refractivity (Wildman–Crippen MR) is 273 cm³/mol. The maximum atomic E-state index is 13.4. The van der Waals surface area contributed by atoms with Crippen LogP contribution < -0.4 is 0 Å². The molecule has 3 saturated heterocycles. The summed E-state index contributed by atoms with van der Waals surface area (Å²) in [7, 11) is 0. The van der Waals surface area contributed by atoms with Gasteiger partial charge in [-0.05, 0) is 16.7 Å². The highest BCUT2D eigenvalue weighted by Gasteiger charge is 2.59. The number of alkyl halides is 1. The van der Waals surface area contributed by atoms with Crippen molar-refractivity contribution < 1.29 is 115 Å². The normalized spacial score (nSPS) is 29.2. The molecule has 0 amide bonds. The largest absolute Gasteiger partial charge is 0.463 e. The molecule has 0 aromatic heterocycles. The quantitative estimate of drug-likeness (QED) is 0.0607. The van der Waals surface area contributed by atoms with Gasteiger partial charge < -0.3 is 75.8 Å². The zero-order valence-electron chi connectivity index (χ0n) is 47.6. The zero-order valence-corrected chi connectivity index (χ0v) is 45.2. The van der Waals surface area contributed by atoms with Crippen molar-refractivity contribution in [1.82, 2.24) is 0 Å². The maximum absolute atomic E-state index is 13.4. The summed E-state index contributed by atoms with van der Waals surface area (Å²) in [6.45, 7) is -2.49. The molecule has 3 fully saturated rings. The zero-order chi connectivity index (χ0) is 59.8. The van der Waals surface area contributed by atoms with E-state index in [1.807, 2.05) is 91.0 Å². The Morgan fingerprint density at radius 2 is 0.810 bits per heavy atom. The minimum absolute atomic E-state index is 0.0234. The summed E-state index contributed by atoms with van der Waals surface area (Å²) in [6, 6.07) is 27.6. The summed E-state index contributed by atoms with van der Waals surface area (Å²) >= 11 is 3.43. The van der Waals surface area contributed by atoms with Gasteiger partial charge in [0.15, 0.2) is 49.4 Å². The summed E-state index contributed by atoms with van der Waals surface area (Å²) in [6.07, 6.45) is -25.1. The third kappa shape index (κ3) is 19.1. The Labute approximate surface area is 470 Å². The number of ether oxygens (including phenoxy) is 16. The fourth-order valence-corrected chi connectivity index (χ4v) is 9.02. The maximum Gasteiger partial charge on any atom is 0.303 e. The SMILES string of the molecule is [2H]CC(=O)OC[C@H]1OC(O[C@@H]2[C@H](OC(C)=O)[C@@H](OC(C)=O)[C@H](O[C@H]3[C@H](OCc4ccccc4)[C@@H](OCc4ccccc4)[C@H](OCCBr)O[C@@H]3COCc3ccccc3)O[C@@H]2COC(C)=O)[C@H](OC(=O)C[2H])[C@@H](OC(=O)C[2H])[C@H]1OC(=O)C[2H]. The summed E-state index contributed by atoms with van der Waals surface area (Å²) < 4.78 is 129. The molecule has 3 aromatic rings. The summed E-state index contributed by atoms with van der Waals surface area (Å²) in [4.78, 5) is 90.8. The third-order valence-electron chi connectivity index (χ3n) is 11.9. The van der Waals surface area contributed by atoms with Gasteiger partial charge in [-0.25, -0.2) is 0 Å². The van der Waals surface area contributed by atoms with E-state index in [9.17, 15) is 33.6 Å². The second kappa shape index (κ2) is 31.2. The molecule has 15 atom stereocenters. The van der Waals surface area contributed by atoms with Crippen LogP contribution in [0.2, 0.25) is 0 Å². The molecule has 24 heteroatoms. The number of halogens is 1. The highest BCUT2D eigenvalue weighted by Crippen LogP contribution is 2.39. The van der Waals surface area contributed by atoms with E-state index < -0.39 is 175 Å². The van der Waals surface area contributed by atoms with Crippen LogP contribution in [-0.2, 0) is 129 Å². The molecule has 0 N–H and O–H groups in total. The second-order valence-corrected chi connectivity index (χ2v) is 18.7. The lowest BCUT2D eigenvalue weighted by atomic mass is 9.95. The third-order valence-corrected chi connectivity index (χ3v) is 12.3. The van der Waals surface area contributed by atoms with E-state index in [1.54, 1.807) is 0 Å². The molecule has 23 nitrogen and oxygen atoms in total. The van der Waals surface area contributed by atoms with E-state index >= 15 is 0 Å². The molecule has 1 unspecified atom stereocenters. The van der Waals surface area contributed by atoms with Crippen molar-refractivity contribution in [3.63, 3.8) is 0 Å². The van der Waals surface area contributed by atoms with Crippen LogP contribution >= 0.6 is 15.9 Å². The molecule has 0 bridgehead atoms. The van der Waals surface area contributed by atoms with Crippen molar-refractivity contribution >= 4 is 57.7 Å². The van der Waals surface area contributed by atoms with Crippen molar-refractivity contribution in [1.29, 1.82) is 0 Å². The van der Waals surface area contributed by atoms with E-state index in [4.69, 9.17) is 81.3 Å². The number of esters is 7. The van der Waals surface area contributed by atoms with Gasteiger partial charge in [-0.15, -0.1) is 0 Å². The number of hydrogen-bond donors (Lipinski definition) is 0. The van der Waals surface area contributed by atoms with Crippen molar-refractivity contribution in [3.8, 4) is 0 Å². The van der Waals surface area contributed by atoms with Gasteiger partial charge in [-0.3, -0.25) is 33.6 Å². The molecule has 0 spiro atoms. The molecule has 6 rings (SSSR count). The van der Waals surface area contributed by atoms with Gasteiger partial charge in [0.1, 0.15) is 55.9 Å². The van der Waals surface area contributed by atoms with Crippen LogP contribution in [0, 0.1) is 0 Å². The Hall–Kier alpha value is -5.93. The van der Waals surface area contributed by atoms with Crippen molar-refractivity contribution in [3.05, 3.63) is 108 Å². The van der Waals surface area contributed by atoms with Gasteiger partial charge in [0.2, 0.25) is 0 Å². The first-order valence-electron chi connectivity index (χ1n) is 27.6. The minimum Gasteiger partial charge on any atom is -0.463 e. The lowest BCUT2D eigenvalue weighted by molar-refractivity contribution is -0.384. The van der Waals surface area contributed by atoms with Crippen LogP contribution in [0.3, 0.4) is 0 Å². The topological polar surface area (TPSA) is 267 Å². The van der Waals surface area contributed by atoms with E-state index in [2.05, 4.69) is 15.9 Å². The van der Waals surface area contributed by atoms with E-state index in [-0.39, 0.29) is 33.0 Å². The van der Waals surface area contributed by atoms with Gasteiger partial charge in [0.25, 0.3) is 0 Å². The predicted octanol–water partition coefficient (Wildman–Crippen LogP) is 4.52. The molecule has 3 aromatic carbocycles. The first-order chi connectivity index (χ1) is 40.0. The average molecular weight is 1180 g/mol. The highest BCUT2D eigenvalue weighted by molar-refractivity contribution is 9.09. The molecule has 0 radical (unpaired) electrons. The van der Waals surface area contributed by atoms with E-state index in [1.165, 1.54) is 0 Å². The van der Waals surface area contributed by atoms with Crippen LogP contribution in [0.5, 0.6) is 0 Å². The fraction of sp³-hybridized carbons (Fsp3) is 0.545. The van der Waals surface area contributed by atoms with Gasteiger partial charge >= 0.3 is 41.8 Å². The van der Waals surface area contributed by atoms with Gasteiger partial charge in [-0.1, -0.05) is 107 Å². The number of hydrogen-bond acceptors (Lipinski definition) is 23.